The summed E-state index contributed by atoms with van der Waals surface area (Å²) in [4.78, 5) is 15.4. The molecule has 0 atom stereocenters. The van der Waals surface area contributed by atoms with Crippen molar-refractivity contribution in [3.63, 3.8) is 0 Å². The van der Waals surface area contributed by atoms with Crippen molar-refractivity contribution >= 4 is 82.1 Å². The summed E-state index contributed by atoms with van der Waals surface area (Å²) in [5.74, 6) is 1.84. The number of nitrogens with zero attached hydrogens (tertiary/aromatic N) is 4. The fourth-order valence-electron chi connectivity index (χ4n) is 9.62. The molecule has 0 aliphatic carbocycles. The van der Waals surface area contributed by atoms with Crippen LogP contribution >= 0.6 is 11.3 Å². The number of benzene rings is 9. The van der Waals surface area contributed by atoms with Gasteiger partial charge in [0.1, 0.15) is 0 Å². The van der Waals surface area contributed by atoms with E-state index in [1.165, 1.54) is 40.9 Å². The van der Waals surface area contributed by atoms with Gasteiger partial charge in [0.15, 0.2) is 19.7 Å². The van der Waals surface area contributed by atoms with Crippen molar-refractivity contribution in [1.82, 2.24) is 19.5 Å². The Morgan fingerprint density at radius 3 is 1.54 bits per heavy atom. The van der Waals surface area contributed by atoms with Crippen LogP contribution in [0.25, 0.3) is 81.8 Å². The topological polar surface area (TPSA) is 43.6 Å². The van der Waals surface area contributed by atoms with Crippen molar-refractivity contribution in [3.05, 3.63) is 231 Å². The highest BCUT2D eigenvalue weighted by molar-refractivity contribution is 7.27. The number of thiophene rings is 1. The Morgan fingerprint density at radius 1 is 0.349 bits per heavy atom. The molecule has 12 aromatic rings. The maximum Gasteiger partial charge on any atom is 0.238 e. The Labute approximate surface area is 370 Å². The van der Waals surface area contributed by atoms with Crippen LogP contribution in [0.15, 0.2) is 231 Å². The summed E-state index contributed by atoms with van der Waals surface area (Å²) < 4.78 is 4.84. The molecule has 9 aromatic carbocycles. The third kappa shape index (κ3) is 6.14. The second-order valence-electron chi connectivity index (χ2n) is 15.9. The van der Waals surface area contributed by atoms with E-state index in [0.29, 0.717) is 17.6 Å². The molecule has 6 heteroatoms. The fraction of sp³-hybridized carbons (Fsp3) is 0. The van der Waals surface area contributed by atoms with Gasteiger partial charge in [0, 0.05) is 42.1 Å². The molecule has 0 saturated carbocycles. The first-order valence-electron chi connectivity index (χ1n) is 21.3. The molecule has 12 rings (SSSR count). The van der Waals surface area contributed by atoms with Gasteiger partial charge in [0.25, 0.3) is 0 Å². The monoisotopic (exact) mass is 838 g/mol. The summed E-state index contributed by atoms with van der Waals surface area (Å²) in [5.41, 5.74) is 6.23. The number of para-hydroxylation sites is 1. The third-order valence-electron chi connectivity index (χ3n) is 12.4. The van der Waals surface area contributed by atoms with Crippen molar-refractivity contribution in [2.45, 2.75) is 0 Å². The van der Waals surface area contributed by atoms with Crippen LogP contribution in [0.3, 0.4) is 0 Å². The minimum Gasteiger partial charge on any atom is -0.278 e. The summed E-state index contributed by atoms with van der Waals surface area (Å²) >= 11 is 1.88. The largest absolute Gasteiger partial charge is 0.278 e. The maximum atomic E-state index is 5.21. The molecule has 0 spiro atoms. The van der Waals surface area contributed by atoms with Crippen molar-refractivity contribution < 1.29 is 0 Å². The maximum absolute atomic E-state index is 5.21. The molecular formula is C57H38N4SSi. The van der Waals surface area contributed by atoms with Crippen molar-refractivity contribution in [1.29, 1.82) is 0 Å². The van der Waals surface area contributed by atoms with Crippen LogP contribution in [0.1, 0.15) is 0 Å². The molecule has 0 bridgehead atoms. The number of rotatable bonds is 8. The van der Waals surface area contributed by atoms with Crippen LogP contribution in [-0.2, 0) is 0 Å². The summed E-state index contributed by atoms with van der Waals surface area (Å²) in [6.45, 7) is 0. The molecular weight excluding hydrogens is 801 g/mol. The Morgan fingerprint density at radius 2 is 0.857 bits per heavy atom. The zero-order chi connectivity index (χ0) is 41.7. The molecule has 0 amide bonds. The van der Waals surface area contributed by atoms with Gasteiger partial charge in [0.05, 0.1) is 11.0 Å². The van der Waals surface area contributed by atoms with Gasteiger partial charge in [-0.3, -0.25) is 4.57 Å². The fourth-order valence-corrected chi connectivity index (χ4v) is 15.9. The van der Waals surface area contributed by atoms with Gasteiger partial charge in [-0.05, 0) is 56.1 Å². The first-order valence-corrected chi connectivity index (χ1v) is 24.1. The average molecular weight is 839 g/mol. The average Bonchev–Trinajstić information content (AvgIpc) is 3.91. The number of aromatic nitrogens is 4. The summed E-state index contributed by atoms with van der Waals surface area (Å²) in [6.07, 6.45) is 0. The lowest BCUT2D eigenvalue weighted by Crippen LogP contribution is -2.74. The second-order valence-corrected chi connectivity index (χ2v) is 20.8. The molecule has 3 heterocycles. The highest BCUT2D eigenvalue weighted by atomic mass is 32.1. The van der Waals surface area contributed by atoms with Gasteiger partial charge in [0.2, 0.25) is 5.95 Å². The van der Waals surface area contributed by atoms with Crippen LogP contribution in [0, 0.1) is 0 Å². The SMILES string of the molecule is c1ccc(-c2nc(-c3ccccc3)nc(-n3c4ccccc4c4ccc(-c5cccc([Si](c6ccccc6)(c6ccccc6)c6cccc7sc8ccccc8c67)c5)cc43)n2)cc1. The molecule has 0 unspecified atom stereocenters. The third-order valence-corrected chi connectivity index (χ3v) is 18.3. The van der Waals surface area contributed by atoms with Gasteiger partial charge in [-0.1, -0.05) is 206 Å². The van der Waals surface area contributed by atoms with E-state index in [1.807, 2.05) is 47.7 Å². The molecule has 0 aliphatic heterocycles. The molecule has 296 valence electrons. The predicted molar refractivity (Wildman–Crippen MR) is 267 cm³/mol. The Bertz CT molecular complexity index is 3530. The van der Waals surface area contributed by atoms with Crippen molar-refractivity contribution in [3.8, 4) is 39.9 Å². The predicted octanol–water partition coefficient (Wildman–Crippen LogP) is 11.7. The zero-order valence-corrected chi connectivity index (χ0v) is 36.0. The smallest absolute Gasteiger partial charge is 0.238 e. The summed E-state index contributed by atoms with van der Waals surface area (Å²) in [6, 6.07) is 83.5. The van der Waals surface area contributed by atoms with Gasteiger partial charge in [-0.25, -0.2) is 4.98 Å². The van der Waals surface area contributed by atoms with E-state index in [1.54, 1.807) is 0 Å². The van der Waals surface area contributed by atoms with Gasteiger partial charge >= 0.3 is 0 Å². The van der Waals surface area contributed by atoms with Crippen LogP contribution in [0.4, 0.5) is 0 Å². The molecule has 0 radical (unpaired) electrons. The lowest BCUT2D eigenvalue weighted by Gasteiger charge is -2.35. The van der Waals surface area contributed by atoms with Gasteiger partial charge in [-0.15, -0.1) is 11.3 Å². The minimum atomic E-state index is -2.96. The normalized spacial score (nSPS) is 11.8. The molecule has 4 nitrogen and oxygen atoms in total. The molecule has 0 saturated heterocycles. The Balaban J connectivity index is 1.11. The van der Waals surface area contributed by atoms with Crippen LogP contribution < -0.4 is 20.7 Å². The van der Waals surface area contributed by atoms with E-state index in [0.717, 1.165) is 44.1 Å². The van der Waals surface area contributed by atoms with E-state index in [2.05, 4.69) is 199 Å². The van der Waals surface area contributed by atoms with E-state index in [4.69, 9.17) is 15.0 Å². The summed E-state index contributed by atoms with van der Waals surface area (Å²) in [5, 5.41) is 10.4. The Hall–Kier alpha value is -7.77. The number of hydrogen-bond donors (Lipinski definition) is 0. The second kappa shape index (κ2) is 15.3. The molecule has 3 aromatic heterocycles. The first-order chi connectivity index (χ1) is 31.2. The van der Waals surface area contributed by atoms with Crippen molar-refractivity contribution in [2.75, 3.05) is 0 Å². The molecule has 0 N–H and O–H groups in total. The van der Waals surface area contributed by atoms with Gasteiger partial charge < -0.3 is 0 Å². The van der Waals surface area contributed by atoms with E-state index in [-0.39, 0.29) is 0 Å². The number of hydrogen-bond acceptors (Lipinski definition) is 4. The zero-order valence-electron chi connectivity index (χ0n) is 34.1. The standard InChI is InChI=1S/C57H38N4SSi/c1-5-19-39(20-6-1)55-58-56(40-21-7-2-8-22-40)60-57(59-55)61-49-31-15-13-29-46(49)47-36-35-42(38-50(47)61)41-23-17-28-45(37-41)63(43-24-9-3-10-25-43,44-26-11-4-12-27-44)53-34-18-33-52-54(53)48-30-14-16-32-51(48)62-52/h1-38H. The summed E-state index contributed by atoms with van der Waals surface area (Å²) in [7, 11) is -2.96. The highest BCUT2D eigenvalue weighted by Crippen LogP contribution is 2.36. The van der Waals surface area contributed by atoms with E-state index in [9.17, 15) is 0 Å². The minimum absolute atomic E-state index is 0.579. The van der Waals surface area contributed by atoms with Gasteiger partial charge in [-0.2, -0.15) is 9.97 Å². The van der Waals surface area contributed by atoms with Crippen molar-refractivity contribution in [2.24, 2.45) is 0 Å². The van der Waals surface area contributed by atoms with E-state index < -0.39 is 8.07 Å². The Kier molecular flexibility index (Phi) is 8.99. The lowest BCUT2D eigenvalue weighted by molar-refractivity contribution is 0.953. The quantitative estimate of drug-likeness (QED) is 0.113. The number of fused-ring (bicyclic) bond motifs is 6. The molecule has 0 aliphatic rings. The van der Waals surface area contributed by atoms with Crippen LogP contribution in [0.2, 0.25) is 0 Å². The van der Waals surface area contributed by atoms with Crippen LogP contribution in [0.5, 0.6) is 0 Å². The first kappa shape index (κ1) is 37.0. The van der Waals surface area contributed by atoms with E-state index >= 15 is 0 Å². The highest BCUT2D eigenvalue weighted by Gasteiger charge is 2.43. The van der Waals surface area contributed by atoms with Crippen LogP contribution in [-0.4, -0.2) is 27.6 Å². The lowest BCUT2D eigenvalue weighted by atomic mass is 10.0. The molecule has 0 fully saturated rings. The molecule has 63 heavy (non-hydrogen) atoms.